The molecule has 0 radical (unpaired) electrons. The lowest BCUT2D eigenvalue weighted by atomic mass is 10.2. The van der Waals surface area contributed by atoms with E-state index in [1.54, 1.807) is 0 Å². The van der Waals surface area contributed by atoms with Gasteiger partial charge in [0.15, 0.2) is 0 Å². The molecule has 0 unspecified atom stereocenters. The Bertz CT molecular complexity index is 84.3. The third kappa shape index (κ3) is 5.08. The molecule has 0 aromatic rings. The van der Waals surface area contributed by atoms with Gasteiger partial charge < -0.3 is 5.73 Å². The quantitative estimate of drug-likeness (QED) is 0.494. The minimum atomic E-state index is -0.375. The van der Waals surface area contributed by atoms with Gasteiger partial charge >= 0.3 is 0 Å². The van der Waals surface area contributed by atoms with Gasteiger partial charge in [-0.05, 0) is 0 Å². The van der Waals surface area contributed by atoms with E-state index in [0.717, 1.165) is 0 Å². The molecular formula is C5H8NO+. The predicted octanol–water partition coefficient (Wildman–Crippen LogP) is 0.252. The lowest BCUT2D eigenvalue weighted by molar-refractivity contribution is -0.117. The third-order valence-corrected chi connectivity index (χ3v) is 0.424. The monoisotopic (exact) mass is 98.1 g/mol. The van der Waals surface area contributed by atoms with Crippen LogP contribution in [0.4, 0.5) is 0 Å². The highest BCUT2D eigenvalue weighted by molar-refractivity contribution is 5.76. The first-order valence-electron chi connectivity index (χ1n) is 1.91. The predicted molar refractivity (Wildman–Crippen MR) is 28.3 cm³/mol. The summed E-state index contributed by atoms with van der Waals surface area (Å²) in [7, 11) is 0. The zero-order chi connectivity index (χ0) is 5.86. The molecule has 0 rings (SSSR count). The van der Waals surface area contributed by atoms with Crippen molar-refractivity contribution in [2.75, 3.05) is 0 Å². The summed E-state index contributed by atoms with van der Waals surface area (Å²) in [6.45, 7) is 6.77. The Labute approximate surface area is 43.0 Å². The first kappa shape index (κ1) is 6.08. The molecule has 2 N–H and O–H groups in total. The summed E-state index contributed by atoms with van der Waals surface area (Å²) in [5.41, 5.74) is 5.32. The molecule has 0 aromatic heterocycles. The van der Waals surface area contributed by atoms with Gasteiger partial charge in [0.2, 0.25) is 5.91 Å². The number of primary amides is 1. The van der Waals surface area contributed by atoms with Gasteiger partial charge in [-0.3, -0.25) is 4.79 Å². The topological polar surface area (TPSA) is 43.1 Å². The minimum Gasteiger partial charge on any atom is -0.369 e. The molecule has 0 fully saturated rings. The molecule has 2 nitrogen and oxygen atoms in total. The summed E-state index contributed by atoms with van der Waals surface area (Å²) in [5.74, 6) is -0.375. The van der Waals surface area contributed by atoms with Gasteiger partial charge in [-0.25, -0.2) is 0 Å². The van der Waals surface area contributed by atoms with Crippen molar-refractivity contribution in [3.8, 4) is 0 Å². The van der Waals surface area contributed by atoms with E-state index in [-0.39, 0.29) is 12.3 Å². The fourth-order valence-corrected chi connectivity index (χ4v) is 0.246. The SMILES string of the molecule is C=C([CH2+])CC(N)=O. The molecule has 2 heteroatoms. The maximum absolute atomic E-state index is 9.93. The largest absolute Gasteiger partial charge is 0.369 e. The van der Waals surface area contributed by atoms with Gasteiger partial charge in [-0.15, -0.1) is 0 Å². The third-order valence-electron chi connectivity index (χ3n) is 0.424. The van der Waals surface area contributed by atoms with Crippen molar-refractivity contribution in [2.24, 2.45) is 5.73 Å². The Morgan fingerprint density at radius 3 is 2.29 bits per heavy atom. The highest BCUT2D eigenvalue weighted by Gasteiger charge is 1.96. The highest BCUT2D eigenvalue weighted by atomic mass is 16.1. The van der Waals surface area contributed by atoms with Crippen LogP contribution in [0.15, 0.2) is 12.2 Å². The fraction of sp³-hybridized carbons (Fsp3) is 0.200. The highest BCUT2D eigenvalue weighted by Crippen LogP contribution is 1.89. The summed E-state index contributed by atoms with van der Waals surface area (Å²) in [4.78, 5) is 9.93. The Hall–Kier alpha value is -0.920. The molecule has 0 atom stereocenters. The van der Waals surface area contributed by atoms with Crippen LogP contribution in [0.3, 0.4) is 0 Å². The van der Waals surface area contributed by atoms with E-state index < -0.39 is 0 Å². The first-order chi connectivity index (χ1) is 3.13. The fourth-order valence-electron chi connectivity index (χ4n) is 0.246. The van der Waals surface area contributed by atoms with Crippen LogP contribution in [0.2, 0.25) is 0 Å². The number of carbonyl (C=O) groups is 1. The van der Waals surface area contributed by atoms with E-state index in [2.05, 4.69) is 13.5 Å². The van der Waals surface area contributed by atoms with Crippen molar-refractivity contribution in [1.29, 1.82) is 0 Å². The van der Waals surface area contributed by atoms with Crippen molar-refractivity contribution in [3.05, 3.63) is 19.1 Å². The Balaban J connectivity index is 3.32. The number of carbonyl (C=O) groups excluding carboxylic acids is 1. The second-order valence-electron chi connectivity index (χ2n) is 1.39. The summed E-state index contributed by atoms with van der Waals surface area (Å²) in [6.07, 6.45) is 0.194. The van der Waals surface area contributed by atoms with Crippen LogP contribution in [-0.2, 0) is 4.79 Å². The summed E-state index contributed by atoms with van der Waals surface area (Å²) < 4.78 is 0. The van der Waals surface area contributed by atoms with Crippen LogP contribution >= 0.6 is 0 Å². The zero-order valence-electron chi connectivity index (χ0n) is 4.11. The van der Waals surface area contributed by atoms with Gasteiger partial charge in [0.1, 0.15) is 5.57 Å². The van der Waals surface area contributed by atoms with E-state index in [4.69, 9.17) is 5.73 Å². The molecule has 38 valence electrons. The van der Waals surface area contributed by atoms with Crippen LogP contribution in [0, 0.1) is 6.92 Å². The van der Waals surface area contributed by atoms with E-state index in [0.29, 0.717) is 5.57 Å². The standard InChI is InChI=1S/C5H7NO/c1-4(2)3-5(6)7/h1-3H2,(H-,6,7)/p+1. The lowest BCUT2D eigenvalue weighted by Crippen LogP contribution is -2.09. The van der Waals surface area contributed by atoms with Gasteiger partial charge in [-0.1, -0.05) is 0 Å². The average molecular weight is 98.1 g/mol. The first-order valence-corrected chi connectivity index (χ1v) is 1.91. The molecule has 1 amide bonds. The zero-order valence-corrected chi connectivity index (χ0v) is 4.11. The number of hydrogen-bond acceptors (Lipinski definition) is 1. The second-order valence-corrected chi connectivity index (χ2v) is 1.39. The number of amides is 1. The summed E-state index contributed by atoms with van der Waals surface area (Å²) in [5, 5.41) is 0. The van der Waals surface area contributed by atoms with Crippen molar-refractivity contribution in [1.82, 2.24) is 0 Å². The molecule has 0 saturated carbocycles. The van der Waals surface area contributed by atoms with Gasteiger partial charge in [0, 0.05) is 13.5 Å². The van der Waals surface area contributed by atoms with E-state index in [1.807, 2.05) is 0 Å². The van der Waals surface area contributed by atoms with Gasteiger partial charge in [0.25, 0.3) is 0 Å². The number of rotatable bonds is 2. The van der Waals surface area contributed by atoms with E-state index >= 15 is 0 Å². The molecule has 0 aliphatic rings. The Morgan fingerprint density at radius 2 is 2.29 bits per heavy atom. The van der Waals surface area contributed by atoms with Crippen molar-refractivity contribution >= 4 is 5.91 Å². The van der Waals surface area contributed by atoms with Crippen molar-refractivity contribution in [3.63, 3.8) is 0 Å². The van der Waals surface area contributed by atoms with Crippen LogP contribution < -0.4 is 5.73 Å². The van der Waals surface area contributed by atoms with Crippen molar-refractivity contribution in [2.45, 2.75) is 6.42 Å². The lowest BCUT2D eigenvalue weighted by Gasteiger charge is -1.81. The number of nitrogens with two attached hydrogens (primary N) is 1. The maximum Gasteiger partial charge on any atom is 0.225 e. The smallest absolute Gasteiger partial charge is 0.225 e. The number of hydrogen-bond donors (Lipinski definition) is 1. The van der Waals surface area contributed by atoms with Crippen LogP contribution in [0.5, 0.6) is 0 Å². The molecule has 0 saturated heterocycles. The van der Waals surface area contributed by atoms with Gasteiger partial charge in [0.05, 0.1) is 6.42 Å². The van der Waals surface area contributed by atoms with Crippen LogP contribution in [0.25, 0.3) is 0 Å². The van der Waals surface area contributed by atoms with E-state index in [1.165, 1.54) is 0 Å². The molecule has 0 aromatic carbocycles. The van der Waals surface area contributed by atoms with Gasteiger partial charge in [-0.2, -0.15) is 0 Å². The molecule has 0 aliphatic carbocycles. The molecular weight excluding hydrogens is 90.1 g/mol. The summed E-state index contributed by atoms with van der Waals surface area (Å²) >= 11 is 0. The minimum absolute atomic E-state index is 0.194. The summed E-state index contributed by atoms with van der Waals surface area (Å²) in [6, 6.07) is 0. The maximum atomic E-state index is 9.93. The normalized spacial score (nSPS) is 8.00. The Morgan fingerprint density at radius 1 is 1.86 bits per heavy atom. The molecule has 0 bridgehead atoms. The van der Waals surface area contributed by atoms with Crippen LogP contribution in [0.1, 0.15) is 6.42 Å². The van der Waals surface area contributed by atoms with Crippen molar-refractivity contribution < 1.29 is 4.79 Å². The Kier molecular flexibility index (Phi) is 1.99. The van der Waals surface area contributed by atoms with E-state index in [9.17, 15) is 4.79 Å². The average Bonchev–Trinajstić information content (AvgIpc) is 1.27. The molecule has 0 spiro atoms. The van der Waals surface area contributed by atoms with Crippen LogP contribution in [-0.4, -0.2) is 5.91 Å². The second kappa shape index (κ2) is 2.29. The molecule has 7 heavy (non-hydrogen) atoms. The molecule has 0 heterocycles. The molecule has 0 aliphatic heterocycles.